The summed E-state index contributed by atoms with van der Waals surface area (Å²) in [4.78, 5) is 40.1. The van der Waals surface area contributed by atoms with Gasteiger partial charge in [0.15, 0.2) is 5.76 Å². The fourth-order valence-corrected chi connectivity index (χ4v) is 3.04. The molecule has 3 amide bonds. The second-order valence-electron chi connectivity index (χ2n) is 7.95. The van der Waals surface area contributed by atoms with Gasteiger partial charge >= 0.3 is 0 Å². The number of hydrogen-bond donors (Lipinski definition) is 2. The van der Waals surface area contributed by atoms with E-state index in [0.717, 1.165) is 32.2 Å². The van der Waals surface area contributed by atoms with Gasteiger partial charge in [-0.1, -0.05) is 26.8 Å². The third-order valence-corrected chi connectivity index (χ3v) is 4.48. The van der Waals surface area contributed by atoms with Gasteiger partial charge in [-0.3, -0.25) is 14.4 Å². The Morgan fingerprint density at radius 1 is 1.33 bits per heavy atom. The van der Waals surface area contributed by atoms with Crippen molar-refractivity contribution in [3.05, 3.63) is 24.0 Å². The number of hydrogen-bond acceptors (Lipinski definition) is 4. The van der Waals surface area contributed by atoms with Crippen LogP contribution in [0.5, 0.6) is 0 Å². The maximum atomic E-state index is 12.4. The summed E-state index contributed by atoms with van der Waals surface area (Å²) < 4.78 is 0. The fourth-order valence-electron chi connectivity index (χ4n) is 3.04. The van der Waals surface area contributed by atoms with Crippen LogP contribution < -0.4 is 10.8 Å². The highest BCUT2D eigenvalue weighted by atomic mass is 16.7. The van der Waals surface area contributed by atoms with E-state index < -0.39 is 6.04 Å². The largest absolute Gasteiger partial charge is 0.380 e. The van der Waals surface area contributed by atoms with E-state index in [4.69, 9.17) is 4.84 Å². The molecule has 152 valence electrons. The SMILES string of the molecule is CC(=O)NC(C(=O)N1CCCC1C)C(C)(C)C.O=CNOC1=CCCC=C1. The quantitative estimate of drug-likeness (QED) is 0.567. The third-order valence-electron chi connectivity index (χ3n) is 4.48. The van der Waals surface area contributed by atoms with E-state index in [-0.39, 0.29) is 17.2 Å². The maximum Gasteiger partial charge on any atom is 0.245 e. The van der Waals surface area contributed by atoms with Crippen molar-refractivity contribution in [2.75, 3.05) is 6.54 Å². The lowest BCUT2D eigenvalue weighted by atomic mass is 9.85. The van der Waals surface area contributed by atoms with Crippen LogP contribution in [0, 0.1) is 5.41 Å². The van der Waals surface area contributed by atoms with E-state index in [1.807, 2.05) is 43.9 Å². The lowest BCUT2D eigenvalue weighted by Crippen LogP contribution is -2.54. The number of amides is 3. The van der Waals surface area contributed by atoms with E-state index in [0.29, 0.717) is 18.2 Å². The lowest BCUT2D eigenvalue weighted by Gasteiger charge is -2.34. The Labute approximate surface area is 162 Å². The molecule has 0 aromatic carbocycles. The molecule has 7 nitrogen and oxygen atoms in total. The highest BCUT2D eigenvalue weighted by molar-refractivity contribution is 5.88. The zero-order valence-electron chi connectivity index (χ0n) is 17.1. The first kappa shape index (κ1) is 22.7. The van der Waals surface area contributed by atoms with Gasteiger partial charge < -0.3 is 15.1 Å². The molecule has 0 radical (unpaired) electrons. The van der Waals surface area contributed by atoms with Crippen LogP contribution in [0.15, 0.2) is 24.0 Å². The highest BCUT2D eigenvalue weighted by Crippen LogP contribution is 2.25. The molecule has 0 bridgehead atoms. The van der Waals surface area contributed by atoms with Crippen LogP contribution in [0.25, 0.3) is 0 Å². The van der Waals surface area contributed by atoms with Crippen molar-refractivity contribution in [3.8, 4) is 0 Å². The van der Waals surface area contributed by atoms with Gasteiger partial charge in [-0.15, -0.1) is 0 Å². The van der Waals surface area contributed by atoms with Gasteiger partial charge in [0, 0.05) is 19.5 Å². The molecule has 2 rings (SSSR count). The Bertz CT molecular complexity index is 578. The molecule has 1 aliphatic carbocycles. The predicted molar refractivity (Wildman–Crippen MR) is 104 cm³/mol. The first-order valence-electron chi connectivity index (χ1n) is 9.47. The molecule has 1 fully saturated rings. The molecular weight excluding hydrogens is 346 g/mol. The fraction of sp³-hybridized carbons (Fsp3) is 0.650. The molecule has 2 aliphatic rings. The summed E-state index contributed by atoms with van der Waals surface area (Å²) in [6, 6.07) is -0.137. The van der Waals surface area contributed by atoms with Gasteiger partial charge in [0.2, 0.25) is 18.2 Å². The predicted octanol–water partition coefficient (Wildman–Crippen LogP) is 2.45. The number of nitrogens with one attached hydrogen (secondary N) is 2. The monoisotopic (exact) mass is 379 g/mol. The number of carbonyl (C=O) groups excluding carboxylic acids is 3. The van der Waals surface area contributed by atoms with Gasteiger partial charge in [-0.2, -0.15) is 5.48 Å². The molecule has 1 saturated heterocycles. The van der Waals surface area contributed by atoms with Gasteiger partial charge in [-0.25, -0.2) is 0 Å². The van der Waals surface area contributed by atoms with E-state index in [1.54, 1.807) is 0 Å². The standard InChI is InChI=1S/C13H24N2O2.C7H9NO2/c1-9-7-6-8-15(9)12(17)11(13(3,4)5)14-10(2)16;9-6-8-10-7-4-2-1-3-5-7/h9,11H,6-8H2,1-5H3,(H,14,16);2,4-6H,1,3H2,(H,8,9). The number of nitrogens with zero attached hydrogens (tertiary/aromatic N) is 1. The number of rotatable bonds is 5. The van der Waals surface area contributed by atoms with Gasteiger partial charge in [0.05, 0.1) is 0 Å². The molecule has 1 heterocycles. The summed E-state index contributed by atoms with van der Waals surface area (Å²) in [5.41, 5.74) is 1.86. The van der Waals surface area contributed by atoms with Crippen molar-refractivity contribution < 1.29 is 19.2 Å². The zero-order valence-corrected chi connectivity index (χ0v) is 17.1. The van der Waals surface area contributed by atoms with Crippen LogP contribution in [-0.4, -0.2) is 41.8 Å². The minimum atomic E-state index is -0.430. The second kappa shape index (κ2) is 10.7. The van der Waals surface area contributed by atoms with Gasteiger partial charge in [0.1, 0.15) is 6.04 Å². The third kappa shape index (κ3) is 7.85. The Morgan fingerprint density at radius 2 is 2.04 bits per heavy atom. The summed E-state index contributed by atoms with van der Waals surface area (Å²) in [6.45, 7) is 10.3. The van der Waals surface area contributed by atoms with Crippen LogP contribution in [0.4, 0.5) is 0 Å². The Balaban J connectivity index is 0.000000309. The Hall–Kier alpha value is -2.31. The first-order valence-corrected chi connectivity index (χ1v) is 9.47. The topological polar surface area (TPSA) is 87.7 Å². The van der Waals surface area contributed by atoms with Crippen molar-refractivity contribution in [2.45, 2.75) is 72.4 Å². The van der Waals surface area contributed by atoms with Crippen LogP contribution >= 0.6 is 0 Å². The van der Waals surface area contributed by atoms with E-state index in [1.165, 1.54) is 6.92 Å². The molecule has 2 unspecified atom stereocenters. The molecule has 0 aromatic rings. The molecule has 27 heavy (non-hydrogen) atoms. The summed E-state index contributed by atoms with van der Waals surface area (Å²) in [7, 11) is 0. The average molecular weight is 380 g/mol. The molecule has 2 atom stereocenters. The molecule has 7 heteroatoms. The van der Waals surface area contributed by atoms with Crippen molar-refractivity contribution in [1.29, 1.82) is 0 Å². The summed E-state index contributed by atoms with van der Waals surface area (Å²) in [5, 5.41) is 2.79. The number of likely N-dealkylation sites (tertiary alicyclic amines) is 1. The van der Waals surface area contributed by atoms with Crippen molar-refractivity contribution in [2.24, 2.45) is 5.41 Å². The van der Waals surface area contributed by atoms with Crippen LogP contribution in [-0.2, 0) is 19.2 Å². The Kier molecular flexibility index (Phi) is 9.05. The van der Waals surface area contributed by atoms with Crippen molar-refractivity contribution in [1.82, 2.24) is 15.7 Å². The first-order chi connectivity index (χ1) is 12.7. The lowest BCUT2D eigenvalue weighted by molar-refractivity contribution is -0.139. The second-order valence-corrected chi connectivity index (χ2v) is 7.95. The smallest absolute Gasteiger partial charge is 0.245 e. The summed E-state index contributed by atoms with van der Waals surface area (Å²) >= 11 is 0. The number of carbonyl (C=O) groups is 3. The Morgan fingerprint density at radius 3 is 2.48 bits per heavy atom. The minimum Gasteiger partial charge on any atom is -0.380 e. The normalized spacial score (nSPS) is 20.0. The van der Waals surface area contributed by atoms with Crippen molar-refractivity contribution >= 4 is 18.2 Å². The highest BCUT2D eigenvalue weighted by Gasteiger charge is 2.37. The van der Waals surface area contributed by atoms with Crippen LogP contribution in [0.3, 0.4) is 0 Å². The molecule has 0 saturated carbocycles. The summed E-state index contributed by atoms with van der Waals surface area (Å²) in [6.07, 6.45) is 10.4. The minimum absolute atomic E-state index is 0.0534. The molecule has 0 spiro atoms. The van der Waals surface area contributed by atoms with Gasteiger partial charge in [0.25, 0.3) is 0 Å². The van der Waals surface area contributed by atoms with E-state index in [2.05, 4.69) is 17.7 Å². The van der Waals surface area contributed by atoms with Crippen LogP contribution in [0.1, 0.15) is 60.3 Å². The number of allylic oxidation sites excluding steroid dienone is 3. The molecular formula is C20H33N3O4. The molecule has 1 aliphatic heterocycles. The zero-order chi connectivity index (χ0) is 20.4. The molecule has 0 aromatic heterocycles. The average Bonchev–Trinajstić information content (AvgIpc) is 3.04. The van der Waals surface area contributed by atoms with Crippen LogP contribution in [0.2, 0.25) is 0 Å². The summed E-state index contributed by atoms with van der Waals surface area (Å²) in [5.74, 6) is 0.612. The maximum absolute atomic E-state index is 12.4. The molecule has 2 N–H and O–H groups in total. The number of hydroxylamine groups is 1. The van der Waals surface area contributed by atoms with E-state index >= 15 is 0 Å². The van der Waals surface area contributed by atoms with E-state index in [9.17, 15) is 14.4 Å². The van der Waals surface area contributed by atoms with Gasteiger partial charge in [-0.05, 0) is 50.2 Å². The van der Waals surface area contributed by atoms with Crippen molar-refractivity contribution in [3.63, 3.8) is 0 Å².